The Labute approximate surface area is 168 Å². The average Bonchev–Trinajstić information content (AvgIpc) is 2.43. The van der Waals surface area contributed by atoms with E-state index in [9.17, 15) is 4.79 Å². The number of rotatable bonds is 15. The van der Waals surface area contributed by atoms with Crippen molar-refractivity contribution in [2.45, 2.75) is 96.8 Å². The van der Waals surface area contributed by atoms with Gasteiger partial charge in [-0.25, -0.2) is 0 Å². The van der Waals surface area contributed by atoms with Gasteiger partial charge in [-0.1, -0.05) is 70.4 Å². The van der Waals surface area contributed by atoms with Crippen LogP contribution in [0.4, 0.5) is 0 Å². The molecule has 0 aliphatic rings. The molecule has 0 aliphatic heterocycles. The first-order chi connectivity index (χ1) is 9.77. The average molecular weight is 498 g/mol. The van der Waals surface area contributed by atoms with Crippen LogP contribution in [0.1, 0.15) is 96.8 Å². The largest absolute Gasteiger partial charge is 0.481 e. The smallest absolute Gasteiger partial charge is 0.303 e. The summed E-state index contributed by atoms with van der Waals surface area (Å²) in [5, 5.41) is 8.51. The van der Waals surface area contributed by atoms with Crippen LogP contribution in [-0.2, 0) is 49.6 Å². The van der Waals surface area contributed by atoms with Crippen LogP contribution in [0.15, 0.2) is 12.2 Å². The molecule has 0 saturated heterocycles. The summed E-state index contributed by atoms with van der Waals surface area (Å²) in [4.78, 5) is 10.3. The Bertz CT molecular complexity index is 243. The third-order valence-corrected chi connectivity index (χ3v) is 3.65. The van der Waals surface area contributed by atoms with E-state index >= 15 is 0 Å². The van der Waals surface area contributed by atoms with Gasteiger partial charge >= 0.3 is 5.97 Å². The molecule has 1 N–H and O–H groups in total. The van der Waals surface area contributed by atoms with Gasteiger partial charge in [0.1, 0.15) is 0 Å². The molecular formula is C18H34Ag2O2. The Hall–Kier alpha value is 0.691. The van der Waals surface area contributed by atoms with Crippen molar-refractivity contribution in [3.8, 4) is 0 Å². The maximum Gasteiger partial charge on any atom is 0.303 e. The molecule has 0 bridgehead atoms. The van der Waals surface area contributed by atoms with Crippen molar-refractivity contribution in [3.05, 3.63) is 12.2 Å². The molecule has 0 aromatic heterocycles. The number of allylic oxidation sites excluding steroid dienone is 2. The zero-order valence-electron chi connectivity index (χ0n) is 14.0. The SMILES string of the molecule is CCCCCCCC/C=C\CCCCCCCC(=O)O.[Ag].[Ag]. The first-order valence-corrected chi connectivity index (χ1v) is 8.64. The molecule has 0 rings (SSSR count). The van der Waals surface area contributed by atoms with E-state index in [4.69, 9.17) is 5.11 Å². The van der Waals surface area contributed by atoms with Gasteiger partial charge < -0.3 is 5.11 Å². The summed E-state index contributed by atoms with van der Waals surface area (Å²) in [6.45, 7) is 2.26. The van der Waals surface area contributed by atoms with E-state index in [2.05, 4.69) is 19.1 Å². The second-order valence-electron chi connectivity index (χ2n) is 5.73. The van der Waals surface area contributed by atoms with Crippen LogP contribution in [0.5, 0.6) is 0 Å². The fourth-order valence-corrected chi connectivity index (χ4v) is 2.35. The Morgan fingerprint density at radius 3 is 1.59 bits per heavy atom. The summed E-state index contributed by atoms with van der Waals surface area (Å²) < 4.78 is 0. The van der Waals surface area contributed by atoms with E-state index in [1.54, 1.807) is 0 Å². The molecule has 22 heavy (non-hydrogen) atoms. The number of hydrogen-bond donors (Lipinski definition) is 1. The fraction of sp³-hybridized carbons (Fsp3) is 0.833. The molecule has 0 aliphatic carbocycles. The van der Waals surface area contributed by atoms with E-state index in [0.29, 0.717) is 6.42 Å². The van der Waals surface area contributed by atoms with Gasteiger partial charge in [-0.3, -0.25) is 4.79 Å². The van der Waals surface area contributed by atoms with Gasteiger partial charge in [0, 0.05) is 51.2 Å². The molecule has 140 valence electrons. The minimum absolute atomic E-state index is 0. The third-order valence-electron chi connectivity index (χ3n) is 3.65. The Balaban J connectivity index is -0.00000180. The number of unbranched alkanes of at least 4 members (excludes halogenated alkanes) is 11. The number of hydrogen-bond acceptors (Lipinski definition) is 1. The van der Waals surface area contributed by atoms with E-state index in [1.807, 2.05) is 0 Å². The van der Waals surface area contributed by atoms with Gasteiger partial charge in [-0.2, -0.15) is 0 Å². The normalized spacial score (nSPS) is 10.2. The van der Waals surface area contributed by atoms with Crippen LogP contribution in [-0.4, -0.2) is 11.1 Å². The van der Waals surface area contributed by atoms with Crippen LogP contribution >= 0.6 is 0 Å². The summed E-state index contributed by atoms with van der Waals surface area (Å²) in [5.74, 6) is -0.664. The van der Waals surface area contributed by atoms with Gasteiger partial charge in [0.15, 0.2) is 0 Å². The quantitative estimate of drug-likeness (QED) is 0.168. The monoisotopic (exact) mass is 496 g/mol. The molecule has 0 aromatic rings. The Morgan fingerprint density at radius 2 is 1.14 bits per heavy atom. The van der Waals surface area contributed by atoms with E-state index in [1.165, 1.54) is 70.6 Å². The molecule has 2 nitrogen and oxygen atoms in total. The summed E-state index contributed by atoms with van der Waals surface area (Å²) >= 11 is 0. The van der Waals surface area contributed by atoms with Gasteiger partial charge in [-0.05, 0) is 32.1 Å². The van der Waals surface area contributed by atoms with E-state index in [0.717, 1.165) is 12.8 Å². The maximum atomic E-state index is 10.3. The minimum atomic E-state index is -0.664. The van der Waals surface area contributed by atoms with Crippen LogP contribution in [0, 0.1) is 0 Å². The zero-order valence-corrected chi connectivity index (χ0v) is 17.0. The predicted molar refractivity (Wildman–Crippen MR) is 87.1 cm³/mol. The molecule has 0 atom stereocenters. The second-order valence-corrected chi connectivity index (χ2v) is 5.73. The summed E-state index contributed by atoms with van der Waals surface area (Å²) in [5.41, 5.74) is 0. The van der Waals surface area contributed by atoms with Crippen LogP contribution in [0.25, 0.3) is 0 Å². The zero-order chi connectivity index (χ0) is 14.9. The van der Waals surface area contributed by atoms with Gasteiger partial charge in [-0.15, -0.1) is 0 Å². The summed E-state index contributed by atoms with van der Waals surface area (Å²) in [6.07, 6.45) is 21.2. The predicted octanol–water partition coefficient (Wildman–Crippen LogP) is 6.10. The Kier molecular flexibility index (Phi) is 30.0. The molecule has 0 saturated carbocycles. The molecule has 0 heterocycles. The second kappa shape index (κ2) is 23.9. The molecule has 0 amide bonds. The van der Waals surface area contributed by atoms with Gasteiger partial charge in [0.2, 0.25) is 0 Å². The number of carboxylic acids is 1. The van der Waals surface area contributed by atoms with Gasteiger partial charge in [0.25, 0.3) is 0 Å². The standard InChI is InChI=1S/C18H34O2.2Ag/c1-2-3-4-5-6-7-8-9-10-11-12-13-14-15-16-17-18(19)20;;/h9-10H,2-8,11-17H2,1H3,(H,19,20);;/b10-9-;;. The first kappa shape index (κ1) is 27.5. The van der Waals surface area contributed by atoms with Crippen LogP contribution in [0.2, 0.25) is 0 Å². The molecule has 0 unspecified atom stereocenters. The molecule has 0 spiro atoms. The number of carbonyl (C=O) groups is 1. The van der Waals surface area contributed by atoms with E-state index in [-0.39, 0.29) is 44.8 Å². The molecular weight excluding hydrogens is 464 g/mol. The van der Waals surface area contributed by atoms with Crippen molar-refractivity contribution in [2.75, 3.05) is 0 Å². The minimum Gasteiger partial charge on any atom is -0.481 e. The topological polar surface area (TPSA) is 37.3 Å². The van der Waals surface area contributed by atoms with Crippen molar-refractivity contribution >= 4 is 5.97 Å². The summed E-state index contributed by atoms with van der Waals surface area (Å²) in [6, 6.07) is 0. The van der Waals surface area contributed by atoms with Crippen LogP contribution < -0.4 is 0 Å². The van der Waals surface area contributed by atoms with Gasteiger partial charge in [0.05, 0.1) is 0 Å². The van der Waals surface area contributed by atoms with E-state index < -0.39 is 5.97 Å². The molecule has 0 aromatic carbocycles. The third kappa shape index (κ3) is 25.6. The summed E-state index contributed by atoms with van der Waals surface area (Å²) in [7, 11) is 0. The number of carboxylic acid groups (broad SMARTS) is 1. The van der Waals surface area contributed by atoms with Crippen molar-refractivity contribution in [1.82, 2.24) is 0 Å². The molecule has 0 fully saturated rings. The van der Waals surface area contributed by atoms with Crippen molar-refractivity contribution < 1.29 is 54.7 Å². The molecule has 4 heteroatoms. The van der Waals surface area contributed by atoms with Crippen molar-refractivity contribution in [3.63, 3.8) is 0 Å². The number of aliphatic carboxylic acids is 1. The van der Waals surface area contributed by atoms with Crippen molar-refractivity contribution in [2.24, 2.45) is 0 Å². The van der Waals surface area contributed by atoms with Crippen LogP contribution in [0.3, 0.4) is 0 Å². The first-order valence-electron chi connectivity index (χ1n) is 8.64. The maximum absolute atomic E-state index is 10.3. The van der Waals surface area contributed by atoms with Crippen molar-refractivity contribution in [1.29, 1.82) is 0 Å². The molecule has 2 radical (unpaired) electrons. The Morgan fingerprint density at radius 1 is 0.727 bits per heavy atom. The fourth-order valence-electron chi connectivity index (χ4n) is 2.35.